The third-order valence-corrected chi connectivity index (χ3v) is 3.79. The van der Waals surface area contributed by atoms with Gasteiger partial charge in [0.05, 0.1) is 14.2 Å². The molecular weight excluding hydrogens is 248 g/mol. The molecule has 1 aromatic carbocycles. The lowest BCUT2D eigenvalue weighted by Crippen LogP contribution is -2.21. The van der Waals surface area contributed by atoms with Crippen molar-refractivity contribution in [2.75, 3.05) is 14.2 Å². The first kappa shape index (κ1) is 16.9. The highest BCUT2D eigenvalue weighted by Gasteiger charge is 2.32. The van der Waals surface area contributed by atoms with Crippen LogP contribution in [0.5, 0.6) is 11.5 Å². The summed E-state index contributed by atoms with van der Waals surface area (Å²) < 4.78 is 11.5. The Morgan fingerprint density at radius 3 is 1.00 bits per heavy atom. The molecule has 0 saturated heterocycles. The lowest BCUT2D eigenvalue weighted by Gasteiger charge is -2.33. The van der Waals surface area contributed by atoms with Crippen molar-refractivity contribution in [2.45, 2.75) is 66.2 Å². The van der Waals surface area contributed by atoms with E-state index >= 15 is 0 Å². The zero-order valence-corrected chi connectivity index (χ0v) is 14.8. The van der Waals surface area contributed by atoms with Gasteiger partial charge in [-0.15, -0.1) is 0 Å². The Morgan fingerprint density at radius 1 is 0.600 bits per heavy atom. The molecule has 0 spiro atoms. The summed E-state index contributed by atoms with van der Waals surface area (Å²) in [5.74, 6) is 2.00. The molecule has 2 heteroatoms. The van der Waals surface area contributed by atoms with Gasteiger partial charge in [-0.05, 0) is 35.8 Å². The van der Waals surface area contributed by atoms with Gasteiger partial charge in [-0.25, -0.2) is 0 Å². The fraction of sp³-hybridized carbons (Fsp3) is 0.667. The molecule has 0 heterocycles. The molecule has 0 aliphatic rings. The first-order chi connectivity index (χ1) is 8.96. The van der Waals surface area contributed by atoms with Crippen molar-refractivity contribution in [2.24, 2.45) is 0 Å². The van der Waals surface area contributed by atoms with Crippen LogP contribution in [0.15, 0.2) is 0 Å². The maximum Gasteiger partial charge on any atom is 0.126 e. The molecule has 0 unspecified atom stereocenters. The highest BCUT2D eigenvalue weighted by atomic mass is 16.5. The van der Waals surface area contributed by atoms with Crippen LogP contribution < -0.4 is 9.47 Å². The van der Waals surface area contributed by atoms with E-state index in [1.807, 2.05) is 0 Å². The van der Waals surface area contributed by atoms with E-state index in [4.69, 9.17) is 9.47 Å². The number of benzene rings is 1. The van der Waals surface area contributed by atoms with Crippen molar-refractivity contribution in [3.8, 4) is 11.5 Å². The predicted molar refractivity (Wildman–Crippen MR) is 86.4 cm³/mol. The standard InChI is InChI=1S/C18H30O2/c1-11-13(17(3,4)5)16(20-10)12(2)14(15(11)19-9)18(6,7)8/h1-10H3. The van der Waals surface area contributed by atoms with Crippen LogP contribution in [0.4, 0.5) is 0 Å². The summed E-state index contributed by atoms with van der Waals surface area (Å²) in [6, 6.07) is 0. The Kier molecular flexibility index (Phi) is 4.48. The lowest BCUT2D eigenvalue weighted by atomic mass is 9.75. The van der Waals surface area contributed by atoms with Gasteiger partial charge >= 0.3 is 0 Å². The molecular formula is C18H30O2. The van der Waals surface area contributed by atoms with Gasteiger partial charge in [0.15, 0.2) is 0 Å². The van der Waals surface area contributed by atoms with E-state index in [2.05, 4.69) is 55.4 Å². The molecule has 0 fully saturated rings. The minimum atomic E-state index is 0.0177. The molecule has 0 saturated carbocycles. The second-order valence-electron chi connectivity index (χ2n) is 7.57. The van der Waals surface area contributed by atoms with Crippen LogP contribution in [0.1, 0.15) is 63.8 Å². The first-order valence-corrected chi connectivity index (χ1v) is 7.22. The van der Waals surface area contributed by atoms with E-state index in [0.717, 1.165) is 11.5 Å². The minimum absolute atomic E-state index is 0.0177. The van der Waals surface area contributed by atoms with E-state index < -0.39 is 0 Å². The summed E-state index contributed by atoms with van der Waals surface area (Å²) in [5, 5.41) is 0. The zero-order chi connectivity index (χ0) is 15.9. The summed E-state index contributed by atoms with van der Waals surface area (Å²) >= 11 is 0. The van der Waals surface area contributed by atoms with Crippen LogP contribution in [0.3, 0.4) is 0 Å². The average molecular weight is 278 g/mol. The van der Waals surface area contributed by atoms with E-state index in [1.165, 1.54) is 22.3 Å². The largest absolute Gasteiger partial charge is 0.496 e. The third-order valence-electron chi connectivity index (χ3n) is 3.79. The van der Waals surface area contributed by atoms with Gasteiger partial charge in [0.2, 0.25) is 0 Å². The molecule has 0 radical (unpaired) electrons. The lowest BCUT2D eigenvalue weighted by molar-refractivity contribution is 0.370. The SMILES string of the molecule is COc1c(C)c(C(C)(C)C)c(OC)c(C)c1C(C)(C)C. The van der Waals surface area contributed by atoms with Gasteiger partial charge in [0.1, 0.15) is 11.5 Å². The smallest absolute Gasteiger partial charge is 0.126 e. The molecule has 114 valence electrons. The van der Waals surface area contributed by atoms with Gasteiger partial charge in [-0.1, -0.05) is 41.5 Å². The van der Waals surface area contributed by atoms with E-state index in [-0.39, 0.29) is 10.8 Å². The number of ether oxygens (including phenoxy) is 2. The van der Waals surface area contributed by atoms with Crippen LogP contribution in [-0.4, -0.2) is 14.2 Å². The van der Waals surface area contributed by atoms with E-state index in [0.29, 0.717) is 0 Å². The van der Waals surface area contributed by atoms with Crippen molar-refractivity contribution >= 4 is 0 Å². The quantitative estimate of drug-likeness (QED) is 0.764. The number of hydrogen-bond donors (Lipinski definition) is 0. The van der Waals surface area contributed by atoms with Gasteiger partial charge in [-0.2, -0.15) is 0 Å². The number of hydrogen-bond acceptors (Lipinski definition) is 2. The Labute approximate surface area is 124 Å². The van der Waals surface area contributed by atoms with Gasteiger partial charge < -0.3 is 9.47 Å². The van der Waals surface area contributed by atoms with Crippen molar-refractivity contribution < 1.29 is 9.47 Å². The van der Waals surface area contributed by atoms with Crippen molar-refractivity contribution in [3.05, 3.63) is 22.3 Å². The molecule has 0 bridgehead atoms. The van der Waals surface area contributed by atoms with E-state index in [1.54, 1.807) is 14.2 Å². The topological polar surface area (TPSA) is 18.5 Å². The predicted octanol–water partition coefficient (Wildman–Crippen LogP) is 4.92. The van der Waals surface area contributed by atoms with Crippen LogP contribution in [-0.2, 0) is 10.8 Å². The molecule has 20 heavy (non-hydrogen) atoms. The second kappa shape index (κ2) is 5.31. The number of methoxy groups -OCH3 is 2. The summed E-state index contributed by atoms with van der Waals surface area (Å²) in [6.45, 7) is 17.6. The van der Waals surface area contributed by atoms with Crippen molar-refractivity contribution in [1.82, 2.24) is 0 Å². The molecule has 0 aliphatic heterocycles. The van der Waals surface area contributed by atoms with Crippen molar-refractivity contribution in [1.29, 1.82) is 0 Å². The summed E-state index contributed by atoms with van der Waals surface area (Å²) in [5.41, 5.74) is 4.89. The monoisotopic (exact) mass is 278 g/mol. The molecule has 0 atom stereocenters. The molecule has 0 aliphatic carbocycles. The number of rotatable bonds is 2. The average Bonchev–Trinajstić information content (AvgIpc) is 2.27. The summed E-state index contributed by atoms with van der Waals surface area (Å²) in [6.07, 6.45) is 0. The summed E-state index contributed by atoms with van der Waals surface area (Å²) in [4.78, 5) is 0. The third kappa shape index (κ3) is 2.79. The zero-order valence-electron chi connectivity index (χ0n) is 14.8. The molecule has 0 amide bonds. The summed E-state index contributed by atoms with van der Waals surface area (Å²) in [7, 11) is 3.52. The first-order valence-electron chi connectivity index (χ1n) is 7.22. The van der Waals surface area contributed by atoms with Crippen LogP contribution >= 0.6 is 0 Å². The molecule has 0 aromatic heterocycles. The Bertz CT molecular complexity index is 452. The Morgan fingerprint density at radius 2 is 0.850 bits per heavy atom. The van der Waals surface area contributed by atoms with E-state index in [9.17, 15) is 0 Å². The normalized spacial score (nSPS) is 12.5. The fourth-order valence-corrected chi connectivity index (χ4v) is 3.26. The maximum absolute atomic E-state index is 5.76. The van der Waals surface area contributed by atoms with Crippen LogP contribution in [0.2, 0.25) is 0 Å². The molecule has 2 nitrogen and oxygen atoms in total. The molecule has 0 N–H and O–H groups in total. The van der Waals surface area contributed by atoms with Crippen molar-refractivity contribution in [3.63, 3.8) is 0 Å². The molecule has 1 aromatic rings. The maximum atomic E-state index is 5.76. The van der Waals surface area contributed by atoms with Crippen LogP contribution in [0, 0.1) is 13.8 Å². The minimum Gasteiger partial charge on any atom is -0.496 e. The second-order valence-corrected chi connectivity index (χ2v) is 7.57. The van der Waals surface area contributed by atoms with Gasteiger partial charge in [-0.3, -0.25) is 0 Å². The highest BCUT2D eigenvalue weighted by Crippen LogP contribution is 2.47. The fourth-order valence-electron chi connectivity index (χ4n) is 3.26. The highest BCUT2D eigenvalue weighted by molar-refractivity contribution is 5.62. The Hall–Kier alpha value is -1.18. The van der Waals surface area contributed by atoms with Crippen LogP contribution in [0.25, 0.3) is 0 Å². The Balaban J connectivity index is 3.92. The van der Waals surface area contributed by atoms with Gasteiger partial charge in [0.25, 0.3) is 0 Å². The molecule has 1 rings (SSSR count). The van der Waals surface area contributed by atoms with Gasteiger partial charge in [0, 0.05) is 11.1 Å².